The van der Waals surface area contributed by atoms with E-state index in [9.17, 15) is 14.4 Å². The summed E-state index contributed by atoms with van der Waals surface area (Å²) in [6, 6.07) is 0. The number of carboxylic acids is 1. The molecule has 2 aliphatic rings. The first kappa shape index (κ1) is 8.55. The van der Waals surface area contributed by atoms with E-state index in [1.54, 1.807) is 0 Å². The lowest BCUT2D eigenvalue weighted by molar-refractivity contribution is -0.148. The van der Waals surface area contributed by atoms with Crippen LogP contribution in [0, 0.1) is 0 Å². The predicted octanol–water partition coefficient (Wildman–Crippen LogP) is -0.686. The number of amides is 1. The Morgan fingerprint density at radius 1 is 1.54 bits per heavy atom. The molecule has 0 aliphatic carbocycles. The van der Waals surface area contributed by atoms with Gasteiger partial charge in [-0.1, -0.05) is 0 Å². The smallest absolute Gasteiger partial charge is 0.324 e. The molecule has 0 spiro atoms. The van der Waals surface area contributed by atoms with E-state index in [4.69, 9.17) is 5.11 Å². The lowest BCUT2D eigenvalue weighted by Crippen LogP contribution is -2.59. The number of fused-ring (bicyclic) bond motifs is 1. The number of β-lactam (4-membered cyclic amide) rings is 1. The third kappa shape index (κ3) is 1.21. The number of hydrogen-bond donors (Lipinski definition) is 1. The van der Waals surface area contributed by atoms with Crippen LogP contribution in [0.15, 0.2) is 0 Å². The van der Waals surface area contributed by atoms with Crippen LogP contribution in [0.5, 0.6) is 0 Å². The van der Waals surface area contributed by atoms with Crippen molar-refractivity contribution >= 4 is 29.4 Å². The van der Waals surface area contributed by atoms with Gasteiger partial charge in [-0.15, -0.1) is 11.8 Å². The third-order valence-electron chi connectivity index (χ3n) is 2.15. The molecule has 70 valence electrons. The quantitative estimate of drug-likeness (QED) is 0.449. The molecule has 2 heterocycles. The van der Waals surface area contributed by atoms with Crippen LogP contribution in [0.3, 0.4) is 0 Å². The molecule has 2 atom stereocenters. The number of carbonyl (C=O) groups excluding carboxylic acids is 2. The number of carboxylic acid groups (broad SMARTS) is 1. The summed E-state index contributed by atoms with van der Waals surface area (Å²) >= 11 is 1.06. The van der Waals surface area contributed by atoms with Crippen LogP contribution >= 0.6 is 11.8 Å². The van der Waals surface area contributed by atoms with Crippen molar-refractivity contribution in [2.45, 2.75) is 17.0 Å². The minimum atomic E-state index is -1.10. The van der Waals surface area contributed by atoms with E-state index in [0.717, 1.165) is 11.8 Å². The maximum atomic E-state index is 11.2. The van der Waals surface area contributed by atoms with Gasteiger partial charge in [0.05, 0.1) is 18.3 Å². The lowest BCUT2D eigenvalue weighted by Gasteiger charge is -2.43. The number of Topliss-reactive ketones (excluding diaryl/α,β-unsaturated/α-hetero) is 1. The average Bonchev–Trinajstić information content (AvgIpc) is 2.06. The summed E-state index contributed by atoms with van der Waals surface area (Å²) in [6.45, 7) is -0.0343. The van der Waals surface area contributed by atoms with Crippen molar-refractivity contribution < 1.29 is 19.5 Å². The second-order valence-corrected chi connectivity index (χ2v) is 4.29. The third-order valence-corrected chi connectivity index (χ3v) is 3.63. The van der Waals surface area contributed by atoms with Crippen molar-refractivity contribution in [1.82, 2.24) is 4.90 Å². The zero-order valence-electron chi connectivity index (χ0n) is 6.60. The summed E-state index contributed by atoms with van der Waals surface area (Å²) in [7, 11) is 0. The molecule has 2 saturated heterocycles. The van der Waals surface area contributed by atoms with Crippen LogP contribution in [0.2, 0.25) is 0 Å². The monoisotopic (exact) mass is 201 g/mol. The molecule has 0 saturated carbocycles. The first-order valence-corrected chi connectivity index (χ1v) is 4.74. The highest BCUT2D eigenvalue weighted by Crippen LogP contribution is 2.36. The first-order valence-electron chi connectivity index (χ1n) is 3.80. The number of nitrogens with zero attached hydrogens (tertiary/aromatic N) is 1. The zero-order chi connectivity index (χ0) is 9.59. The predicted molar refractivity (Wildman–Crippen MR) is 44.1 cm³/mol. The molecule has 13 heavy (non-hydrogen) atoms. The molecule has 5 nitrogen and oxygen atoms in total. The Morgan fingerprint density at radius 2 is 2.23 bits per heavy atom. The minimum absolute atomic E-state index is 0.0343. The number of carbonyl (C=O) groups is 3. The molecule has 0 aromatic carbocycles. The maximum Gasteiger partial charge on any atom is 0.324 e. The molecule has 2 aliphatic heterocycles. The summed E-state index contributed by atoms with van der Waals surface area (Å²) in [6.07, 6.45) is 0.363. The molecule has 0 radical (unpaired) electrons. The van der Waals surface area contributed by atoms with E-state index in [2.05, 4.69) is 0 Å². The van der Waals surface area contributed by atoms with Gasteiger partial charge in [0, 0.05) is 0 Å². The molecule has 1 unspecified atom stereocenters. The molecule has 2 rings (SSSR count). The molecule has 0 aromatic heterocycles. The zero-order valence-corrected chi connectivity index (χ0v) is 7.41. The molecule has 2 fully saturated rings. The van der Waals surface area contributed by atoms with Crippen molar-refractivity contribution in [3.05, 3.63) is 0 Å². The summed E-state index contributed by atoms with van der Waals surface area (Å²) < 4.78 is 0. The SMILES string of the molecule is O=C(O)C1S[C@@H]2CC(=O)N2CC1=O. The Morgan fingerprint density at radius 3 is 2.77 bits per heavy atom. The summed E-state index contributed by atoms with van der Waals surface area (Å²) in [5.74, 6) is -1.55. The topological polar surface area (TPSA) is 74.7 Å². The van der Waals surface area contributed by atoms with E-state index >= 15 is 0 Å². The Bertz CT molecular complexity index is 303. The van der Waals surface area contributed by atoms with Crippen molar-refractivity contribution in [2.24, 2.45) is 0 Å². The van der Waals surface area contributed by atoms with Crippen LogP contribution in [-0.2, 0) is 14.4 Å². The molecular weight excluding hydrogens is 194 g/mol. The van der Waals surface area contributed by atoms with E-state index in [-0.39, 0.29) is 23.6 Å². The molecule has 1 N–H and O–H groups in total. The van der Waals surface area contributed by atoms with Gasteiger partial charge in [-0.2, -0.15) is 0 Å². The average molecular weight is 201 g/mol. The van der Waals surface area contributed by atoms with Crippen LogP contribution in [0.1, 0.15) is 6.42 Å². The van der Waals surface area contributed by atoms with Crippen molar-refractivity contribution in [3.8, 4) is 0 Å². The van der Waals surface area contributed by atoms with Gasteiger partial charge in [0.25, 0.3) is 0 Å². The molecule has 6 heteroatoms. The van der Waals surface area contributed by atoms with Gasteiger partial charge in [-0.3, -0.25) is 14.4 Å². The number of hydrogen-bond acceptors (Lipinski definition) is 4. The van der Waals surface area contributed by atoms with E-state index < -0.39 is 11.2 Å². The first-order chi connectivity index (χ1) is 6.09. The van der Waals surface area contributed by atoms with Gasteiger partial charge in [0.15, 0.2) is 11.0 Å². The van der Waals surface area contributed by atoms with E-state index in [1.165, 1.54) is 4.90 Å². The molecule has 0 aromatic rings. The van der Waals surface area contributed by atoms with Gasteiger partial charge in [-0.25, -0.2) is 0 Å². The fraction of sp³-hybridized carbons (Fsp3) is 0.571. The van der Waals surface area contributed by atoms with Crippen LogP contribution < -0.4 is 0 Å². The largest absolute Gasteiger partial charge is 0.480 e. The highest BCUT2D eigenvalue weighted by molar-refractivity contribution is 8.02. The second-order valence-electron chi connectivity index (χ2n) is 3.00. The minimum Gasteiger partial charge on any atom is -0.480 e. The Balaban J connectivity index is 2.10. The Hall–Kier alpha value is -1.04. The summed E-state index contributed by atoms with van der Waals surface area (Å²) in [5.41, 5.74) is 0. The standard InChI is InChI=1S/C7H7NO4S/c9-3-2-8-4(10)1-5(8)13-6(3)7(11)12/h5-6H,1-2H2,(H,11,12)/t5-,6?/m1/s1. The van der Waals surface area contributed by atoms with Gasteiger partial charge in [0.1, 0.15) is 0 Å². The Labute approximate surface area is 78.1 Å². The highest BCUT2D eigenvalue weighted by atomic mass is 32.2. The second kappa shape index (κ2) is 2.73. The highest BCUT2D eigenvalue weighted by Gasteiger charge is 2.47. The van der Waals surface area contributed by atoms with Gasteiger partial charge < -0.3 is 10.0 Å². The summed E-state index contributed by atoms with van der Waals surface area (Å²) in [4.78, 5) is 34.1. The van der Waals surface area contributed by atoms with Gasteiger partial charge >= 0.3 is 5.97 Å². The number of aliphatic carboxylic acids is 1. The van der Waals surface area contributed by atoms with Gasteiger partial charge in [0.2, 0.25) is 5.91 Å². The van der Waals surface area contributed by atoms with E-state index in [1.807, 2.05) is 0 Å². The van der Waals surface area contributed by atoms with Crippen molar-refractivity contribution in [1.29, 1.82) is 0 Å². The van der Waals surface area contributed by atoms with Crippen LogP contribution in [0.25, 0.3) is 0 Å². The molecule has 0 bridgehead atoms. The number of rotatable bonds is 1. The van der Waals surface area contributed by atoms with Crippen LogP contribution in [0.4, 0.5) is 0 Å². The number of ketones is 1. The van der Waals surface area contributed by atoms with Crippen LogP contribution in [-0.4, -0.2) is 44.8 Å². The van der Waals surface area contributed by atoms with Gasteiger partial charge in [-0.05, 0) is 0 Å². The maximum absolute atomic E-state index is 11.2. The summed E-state index contributed by atoms with van der Waals surface area (Å²) in [5, 5.41) is 7.59. The molecular formula is C7H7NO4S. The van der Waals surface area contributed by atoms with Crippen molar-refractivity contribution in [2.75, 3.05) is 6.54 Å². The Kier molecular flexibility index (Phi) is 1.80. The fourth-order valence-electron chi connectivity index (χ4n) is 1.42. The fourth-order valence-corrected chi connectivity index (χ4v) is 2.65. The lowest BCUT2D eigenvalue weighted by atomic mass is 10.1. The normalized spacial score (nSPS) is 32.5. The van der Waals surface area contributed by atoms with Crippen molar-refractivity contribution in [3.63, 3.8) is 0 Å². The molecule has 1 amide bonds. The number of thioether (sulfide) groups is 1. The van der Waals surface area contributed by atoms with E-state index in [0.29, 0.717) is 6.42 Å².